The van der Waals surface area contributed by atoms with E-state index in [0.717, 1.165) is 29.4 Å². The monoisotopic (exact) mass is 348 g/mol. The van der Waals surface area contributed by atoms with Gasteiger partial charge in [0.2, 0.25) is 0 Å². The van der Waals surface area contributed by atoms with Gasteiger partial charge in [0, 0.05) is 6.07 Å². The van der Waals surface area contributed by atoms with Crippen LogP contribution in [0.15, 0.2) is 18.2 Å². The van der Waals surface area contributed by atoms with Crippen molar-refractivity contribution in [2.24, 2.45) is 23.7 Å². The van der Waals surface area contributed by atoms with Crippen LogP contribution in [0.5, 0.6) is 0 Å². The molecule has 0 heterocycles. The number of halogens is 2. The van der Waals surface area contributed by atoms with Crippen LogP contribution in [0.4, 0.5) is 8.78 Å². The van der Waals surface area contributed by atoms with Crippen molar-refractivity contribution in [1.82, 2.24) is 0 Å². The summed E-state index contributed by atoms with van der Waals surface area (Å²) in [4.78, 5) is 0. The molecule has 0 nitrogen and oxygen atoms in total. The van der Waals surface area contributed by atoms with Gasteiger partial charge in [0.1, 0.15) is 11.6 Å². The van der Waals surface area contributed by atoms with Gasteiger partial charge >= 0.3 is 0 Å². The van der Waals surface area contributed by atoms with Crippen molar-refractivity contribution in [3.05, 3.63) is 35.4 Å². The fourth-order valence-electron chi connectivity index (χ4n) is 5.58. The van der Waals surface area contributed by atoms with Crippen molar-refractivity contribution in [3.63, 3.8) is 0 Å². The zero-order valence-corrected chi connectivity index (χ0v) is 15.9. The summed E-state index contributed by atoms with van der Waals surface area (Å²) in [7, 11) is 0. The predicted octanol–water partition coefficient (Wildman–Crippen LogP) is 7.48. The molecule has 1 unspecified atom stereocenters. The van der Waals surface area contributed by atoms with Crippen molar-refractivity contribution in [1.29, 1.82) is 0 Å². The molecule has 0 aromatic heterocycles. The van der Waals surface area contributed by atoms with E-state index in [4.69, 9.17) is 0 Å². The minimum absolute atomic E-state index is 0.256. The summed E-state index contributed by atoms with van der Waals surface area (Å²) >= 11 is 0. The summed E-state index contributed by atoms with van der Waals surface area (Å²) in [6, 6.07) is 4.02. The number of hydrogen-bond acceptors (Lipinski definition) is 0. The number of hydrogen-bond donors (Lipinski definition) is 0. The van der Waals surface area contributed by atoms with Crippen molar-refractivity contribution in [2.75, 3.05) is 0 Å². The summed E-state index contributed by atoms with van der Waals surface area (Å²) in [5.74, 6) is 2.77. The number of benzene rings is 1. The van der Waals surface area contributed by atoms with E-state index in [1.807, 2.05) is 0 Å². The Hall–Kier alpha value is -0.920. The van der Waals surface area contributed by atoms with Gasteiger partial charge in [-0.3, -0.25) is 0 Å². The van der Waals surface area contributed by atoms with Gasteiger partial charge < -0.3 is 0 Å². The fraction of sp³-hybridized carbons (Fsp3) is 0.739. The highest BCUT2D eigenvalue weighted by Crippen LogP contribution is 2.45. The third-order valence-electron chi connectivity index (χ3n) is 7.19. The largest absolute Gasteiger partial charge is 0.207 e. The summed E-state index contributed by atoms with van der Waals surface area (Å²) in [5.41, 5.74) is 0.834. The first-order chi connectivity index (χ1) is 12.1. The lowest BCUT2D eigenvalue weighted by Crippen LogP contribution is -2.27. The average Bonchev–Trinajstić information content (AvgIpc) is 2.61. The summed E-state index contributed by atoms with van der Waals surface area (Å²) < 4.78 is 27.0. The Morgan fingerprint density at radius 1 is 0.840 bits per heavy atom. The second kappa shape index (κ2) is 8.64. The van der Waals surface area contributed by atoms with Crippen molar-refractivity contribution in [3.8, 4) is 0 Å². The first kappa shape index (κ1) is 18.9. The topological polar surface area (TPSA) is 0 Å². The van der Waals surface area contributed by atoms with Crippen LogP contribution in [-0.4, -0.2) is 0 Å². The van der Waals surface area contributed by atoms with Gasteiger partial charge in [0.25, 0.3) is 0 Å². The molecule has 2 heteroatoms. The molecule has 2 aliphatic rings. The molecule has 0 radical (unpaired) electrons. The zero-order chi connectivity index (χ0) is 17.8. The van der Waals surface area contributed by atoms with E-state index in [1.165, 1.54) is 76.3 Å². The van der Waals surface area contributed by atoms with Gasteiger partial charge in [0.15, 0.2) is 0 Å². The van der Waals surface area contributed by atoms with Crippen LogP contribution in [0.1, 0.15) is 89.5 Å². The molecule has 140 valence electrons. The maximum absolute atomic E-state index is 13.5. The first-order valence-electron chi connectivity index (χ1n) is 10.5. The van der Waals surface area contributed by atoms with E-state index >= 15 is 0 Å². The molecule has 25 heavy (non-hydrogen) atoms. The van der Waals surface area contributed by atoms with Crippen LogP contribution in [0, 0.1) is 35.3 Å². The molecule has 0 bridgehead atoms. The first-order valence-corrected chi connectivity index (χ1v) is 10.5. The Morgan fingerprint density at radius 3 is 1.88 bits per heavy atom. The van der Waals surface area contributed by atoms with Crippen LogP contribution < -0.4 is 0 Å². The SMILES string of the molecule is CCC[C@H]1CC[C@H](C2CCC(C(C)c3cc(F)cc(F)c3)CC2)CC1. The molecule has 1 aromatic rings. The second-order valence-corrected chi connectivity index (χ2v) is 8.74. The fourth-order valence-corrected chi connectivity index (χ4v) is 5.58. The Kier molecular flexibility index (Phi) is 6.52. The van der Waals surface area contributed by atoms with Crippen LogP contribution in [0.2, 0.25) is 0 Å². The number of rotatable bonds is 5. The van der Waals surface area contributed by atoms with Gasteiger partial charge in [0.05, 0.1) is 0 Å². The minimum atomic E-state index is -0.445. The van der Waals surface area contributed by atoms with Gasteiger partial charge in [-0.05, 0) is 85.8 Å². The quantitative estimate of drug-likeness (QED) is 0.517. The Balaban J connectivity index is 1.50. The third kappa shape index (κ3) is 4.83. The lowest BCUT2D eigenvalue weighted by atomic mass is 9.66. The van der Waals surface area contributed by atoms with E-state index in [1.54, 1.807) is 0 Å². The van der Waals surface area contributed by atoms with Crippen molar-refractivity contribution < 1.29 is 8.78 Å². The molecule has 0 N–H and O–H groups in total. The molecule has 3 rings (SSSR count). The minimum Gasteiger partial charge on any atom is -0.207 e. The van der Waals surface area contributed by atoms with Gasteiger partial charge in [-0.2, -0.15) is 0 Å². The molecular formula is C23H34F2. The Bertz CT molecular complexity index is 517. The third-order valence-corrected chi connectivity index (χ3v) is 7.19. The highest BCUT2D eigenvalue weighted by atomic mass is 19.1. The molecule has 0 saturated heterocycles. The molecule has 2 saturated carbocycles. The van der Waals surface area contributed by atoms with Gasteiger partial charge in [-0.1, -0.05) is 39.5 Å². The van der Waals surface area contributed by atoms with E-state index in [0.29, 0.717) is 5.92 Å². The maximum Gasteiger partial charge on any atom is 0.126 e. The Morgan fingerprint density at radius 2 is 1.36 bits per heavy atom. The van der Waals surface area contributed by atoms with Crippen LogP contribution in [-0.2, 0) is 0 Å². The highest BCUT2D eigenvalue weighted by molar-refractivity contribution is 5.22. The molecule has 1 aromatic carbocycles. The van der Waals surface area contributed by atoms with E-state index in [-0.39, 0.29) is 5.92 Å². The van der Waals surface area contributed by atoms with Crippen molar-refractivity contribution >= 4 is 0 Å². The molecular weight excluding hydrogens is 314 g/mol. The molecule has 0 amide bonds. The summed E-state index contributed by atoms with van der Waals surface area (Å²) in [6.07, 6.45) is 13.6. The molecule has 1 atom stereocenters. The average molecular weight is 349 g/mol. The highest BCUT2D eigenvalue weighted by Gasteiger charge is 2.32. The van der Waals surface area contributed by atoms with E-state index < -0.39 is 11.6 Å². The normalized spacial score (nSPS) is 31.7. The molecule has 2 fully saturated rings. The molecule has 2 aliphatic carbocycles. The molecule has 0 aliphatic heterocycles. The van der Waals surface area contributed by atoms with Crippen LogP contribution in [0.3, 0.4) is 0 Å². The Labute approximate surface area is 152 Å². The van der Waals surface area contributed by atoms with E-state index in [2.05, 4.69) is 13.8 Å². The summed E-state index contributed by atoms with van der Waals surface area (Å²) in [6.45, 7) is 4.45. The summed E-state index contributed by atoms with van der Waals surface area (Å²) in [5, 5.41) is 0. The van der Waals surface area contributed by atoms with Crippen LogP contribution >= 0.6 is 0 Å². The van der Waals surface area contributed by atoms with Gasteiger partial charge in [-0.25, -0.2) is 8.78 Å². The lowest BCUT2D eigenvalue weighted by molar-refractivity contribution is 0.137. The standard InChI is InChI=1S/C23H34F2/c1-3-4-17-5-7-19(8-6-17)20-11-9-18(10-12-20)16(2)21-13-22(24)15-23(25)14-21/h13-20H,3-12H2,1-2H3/t16?,17-,18?,19-,20?. The van der Waals surface area contributed by atoms with Crippen molar-refractivity contribution in [2.45, 2.75) is 84.0 Å². The van der Waals surface area contributed by atoms with Crippen LogP contribution in [0.25, 0.3) is 0 Å². The van der Waals surface area contributed by atoms with Gasteiger partial charge in [-0.15, -0.1) is 0 Å². The maximum atomic E-state index is 13.5. The lowest BCUT2D eigenvalue weighted by Gasteiger charge is -2.39. The smallest absolute Gasteiger partial charge is 0.126 e. The predicted molar refractivity (Wildman–Crippen MR) is 101 cm³/mol. The van der Waals surface area contributed by atoms with E-state index in [9.17, 15) is 8.78 Å². The second-order valence-electron chi connectivity index (χ2n) is 8.74. The molecule has 0 spiro atoms. The zero-order valence-electron chi connectivity index (χ0n) is 15.9.